The van der Waals surface area contributed by atoms with Crippen molar-refractivity contribution in [3.05, 3.63) is 59.4 Å². The number of rotatable bonds is 4. The predicted octanol–water partition coefficient (Wildman–Crippen LogP) is 2.47. The third-order valence-electron chi connectivity index (χ3n) is 6.02. The molecule has 30 heavy (non-hydrogen) atoms. The van der Waals surface area contributed by atoms with Crippen LogP contribution in [-0.4, -0.2) is 59.3 Å². The van der Waals surface area contributed by atoms with Gasteiger partial charge in [-0.2, -0.15) is 0 Å². The second-order valence-corrected chi connectivity index (χ2v) is 8.11. The SMILES string of the molecule is COC(=O)c1cccc(O[C@@H]2C[C@@H]3CN(C(=O)c4cccc(C)n4)C[C@@H]3C[C@H]2O)c1. The van der Waals surface area contributed by atoms with Gasteiger partial charge in [0, 0.05) is 18.8 Å². The summed E-state index contributed by atoms with van der Waals surface area (Å²) < 4.78 is 10.8. The number of ether oxygens (including phenoxy) is 2. The molecule has 1 aliphatic carbocycles. The zero-order valence-corrected chi connectivity index (χ0v) is 17.2. The van der Waals surface area contributed by atoms with E-state index in [0.717, 1.165) is 5.69 Å². The molecular weight excluding hydrogens is 384 g/mol. The van der Waals surface area contributed by atoms with Gasteiger partial charge in [0.2, 0.25) is 0 Å². The second-order valence-electron chi connectivity index (χ2n) is 8.11. The maximum absolute atomic E-state index is 12.9. The molecule has 1 aromatic heterocycles. The Labute approximate surface area is 175 Å². The Kier molecular flexibility index (Phi) is 5.72. The average Bonchev–Trinajstić information content (AvgIpc) is 3.15. The van der Waals surface area contributed by atoms with Crippen molar-refractivity contribution < 1.29 is 24.2 Å². The quantitative estimate of drug-likeness (QED) is 0.779. The highest BCUT2D eigenvalue weighted by Crippen LogP contribution is 2.38. The van der Waals surface area contributed by atoms with Gasteiger partial charge in [0.25, 0.3) is 5.91 Å². The summed E-state index contributed by atoms with van der Waals surface area (Å²) in [6.07, 6.45) is 0.225. The Balaban J connectivity index is 1.42. The van der Waals surface area contributed by atoms with Crippen LogP contribution in [-0.2, 0) is 4.74 Å². The molecule has 7 heteroatoms. The molecule has 4 atom stereocenters. The van der Waals surface area contributed by atoms with E-state index in [4.69, 9.17) is 9.47 Å². The molecule has 158 valence electrons. The Morgan fingerprint density at radius 3 is 2.57 bits per heavy atom. The number of benzene rings is 1. The number of aromatic nitrogens is 1. The molecule has 0 spiro atoms. The van der Waals surface area contributed by atoms with Gasteiger partial charge in [0.1, 0.15) is 17.5 Å². The highest BCUT2D eigenvalue weighted by Gasteiger charge is 2.44. The van der Waals surface area contributed by atoms with Crippen LogP contribution in [0.3, 0.4) is 0 Å². The highest BCUT2D eigenvalue weighted by atomic mass is 16.5. The number of amides is 1. The van der Waals surface area contributed by atoms with Crippen molar-refractivity contribution in [2.75, 3.05) is 20.2 Å². The summed E-state index contributed by atoms with van der Waals surface area (Å²) in [5.74, 6) is 0.534. The van der Waals surface area contributed by atoms with Crippen molar-refractivity contribution in [1.82, 2.24) is 9.88 Å². The smallest absolute Gasteiger partial charge is 0.337 e. The van der Waals surface area contributed by atoms with E-state index in [1.807, 2.05) is 24.0 Å². The Bertz CT molecular complexity index is 947. The normalized spacial score (nSPS) is 25.5. The lowest BCUT2D eigenvalue weighted by Gasteiger charge is -2.35. The van der Waals surface area contributed by atoms with Gasteiger partial charge in [0.15, 0.2) is 0 Å². The van der Waals surface area contributed by atoms with E-state index in [-0.39, 0.29) is 23.8 Å². The van der Waals surface area contributed by atoms with Crippen LogP contribution < -0.4 is 4.74 Å². The first kappa shape index (κ1) is 20.3. The fourth-order valence-electron chi connectivity index (χ4n) is 4.50. The van der Waals surface area contributed by atoms with Gasteiger partial charge in [-0.1, -0.05) is 12.1 Å². The molecule has 1 saturated heterocycles. The first-order chi connectivity index (χ1) is 14.4. The van der Waals surface area contributed by atoms with E-state index in [9.17, 15) is 14.7 Å². The van der Waals surface area contributed by atoms with Crippen molar-refractivity contribution >= 4 is 11.9 Å². The van der Waals surface area contributed by atoms with Gasteiger partial charge in [0.05, 0.1) is 18.8 Å². The lowest BCUT2D eigenvalue weighted by Crippen LogP contribution is -2.42. The number of methoxy groups -OCH3 is 1. The largest absolute Gasteiger partial charge is 0.488 e. The van der Waals surface area contributed by atoms with Crippen LogP contribution >= 0.6 is 0 Å². The number of carbonyl (C=O) groups excluding carboxylic acids is 2. The molecule has 0 radical (unpaired) electrons. The number of fused-ring (bicyclic) bond motifs is 1. The number of hydrogen-bond donors (Lipinski definition) is 1. The molecule has 7 nitrogen and oxygen atoms in total. The maximum Gasteiger partial charge on any atom is 0.337 e. The zero-order valence-electron chi connectivity index (χ0n) is 17.2. The average molecular weight is 410 g/mol. The van der Waals surface area contributed by atoms with Gasteiger partial charge in [-0.25, -0.2) is 9.78 Å². The minimum absolute atomic E-state index is 0.0640. The molecule has 1 saturated carbocycles. The molecule has 1 N–H and O–H groups in total. The van der Waals surface area contributed by atoms with Crippen LogP contribution in [0.1, 0.15) is 39.4 Å². The van der Waals surface area contributed by atoms with Crippen LogP contribution in [0.5, 0.6) is 5.75 Å². The number of carbonyl (C=O) groups is 2. The number of pyridine rings is 1. The lowest BCUT2D eigenvalue weighted by molar-refractivity contribution is -0.0231. The molecule has 1 amide bonds. The molecule has 1 aliphatic heterocycles. The topological polar surface area (TPSA) is 89.0 Å². The zero-order chi connectivity index (χ0) is 21.3. The number of hydrogen-bond acceptors (Lipinski definition) is 6. The monoisotopic (exact) mass is 410 g/mol. The summed E-state index contributed by atoms with van der Waals surface area (Å²) in [5.41, 5.74) is 1.68. The molecule has 2 heterocycles. The molecule has 2 aromatic rings. The second kappa shape index (κ2) is 8.44. The van der Waals surface area contributed by atoms with E-state index in [0.29, 0.717) is 42.9 Å². The third kappa shape index (κ3) is 4.16. The first-order valence-corrected chi connectivity index (χ1v) is 10.2. The van der Waals surface area contributed by atoms with Crippen molar-refractivity contribution in [2.24, 2.45) is 11.8 Å². The molecule has 0 unspecified atom stereocenters. The number of likely N-dealkylation sites (tertiary alicyclic amines) is 1. The summed E-state index contributed by atoms with van der Waals surface area (Å²) in [6.45, 7) is 3.13. The minimum atomic E-state index is -0.625. The first-order valence-electron chi connectivity index (χ1n) is 10.2. The fourth-order valence-corrected chi connectivity index (χ4v) is 4.50. The van der Waals surface area contributed by atoms with Crippen LogP contribution in [0.4, 0.5) is 0 Å². The molecule has 4 rings (SSSR count). The number of aryl methyl sites for hydroxylation is 1. The standard InChI is InChI=1S/C23H26N2O5/c1-14-5-3-8-19(24-14)22(27)25-12-16-10-20(26)21(11-17(16)13-25)30-18-7-4-6-15(9-18)23(28)29-2/h3-9,16-17,20-21,26H,10-13H2,1-2H3/t16-,17+,20+,21+/m0/s1. The van der Waals surface area contributed by atoms with E-state index < -0.39 is 12.1 Å². The molecule has 1 aromatic carbocycles. The Morgan fingerprint density at radius 1 is 1.10 bits per heavy atom. The van der Waals surface area contributed by atoms with Crippen molar-refractivity contribution in [3.8, 4) is 5.75 Å². The number of esters is 1. The number of aliphatic hydroxyl groups is 1. The molecule has 0 bridgehead atoms. The van der Waals surface area contributed by atoms with Gasteiger partial charge in [-0.15, -0.1) is 0 Å². The van der Waals surface area contributed by atoms with Gasteiger partial charge >= 0.3 is 5.97 Å². The number of aliphatic hydroxyl groups excluding tert-OH is 1. The number of nitrogens with zero attached hydrogens (tertiary/aromatic N) is 2. The minimum Gasteiger partial charge on any atom is -0.488 e. The summed E-state index contributed by atoms with van der Waals surface area (Å²) in [5, 5.41) is 10.6. The van der Waals surface area contributed by atoms with Crippen molar-refractivity contribution in [2.45, 2.75) is 32.0 Å². The van der Waals surface area contributed by atoms with E-state index in [1.165, 1.54) is 7.11 Å². The van der Waals surface area contributed by atoms with Crippen LogP contribution in [0.25, 0.3) is 0 Å². The predicted molar refractivity (Wildman–Crippen MR) is 109 cm³/mol. The summed E-state index contributed by atoms with van der Waals surface area (Å²) in [4.78, 5) is 30.8. The van der Waals surface area contributed by atoms with Crippen molar-refractivity contribution in [3.63, 3.8) is 0 Å². The van der Waals surface area contributed by atoms with Crippen molar-refractivity contribution in [1.29, 1.82) is 0 Å². The Hall–Kier alpha value is -2.93. The highest BCUT2D eigenvalue weighted by molar-refractivity contribution is 5.92. The third-order valence-corrected chi connectivity index (χ3v) is 6.02. The van der Waals surface area contributed by atoms with E-state index in [1.54, 1.807) is 30.3 Å². The van der Waals surface area contributed by atoms with E-state index in [2.05, 4.69) is 4.98 Å². The summed E-state index contributed by atoms with van der Waals surface area (Å²) in [7, 11) is 1.33. The van der Waals surface area contributed by atoms with Crippen LogP contribution in [0.2, 0.25) is 0 Å². The maximum atomic E-state index is 12.9. The van der Waals surface area contributed by atoms with Gasteiger partial charge in [-0.3, -0.25) is 4.79 Å². The Morgan fingerprint density at radius 2 is 1.83 bits per heavy atom. The van der Waals surface area contributed by atoms with Gasteiger partial charge < -0.3 is 19.5 Å². The van der Waals surface area contributed by atoms with Crippen LogP contribution in [0, 0.1) is 18.8 Å². The lowest BCUT2D eigenvalue weighted by atomic mass is 9.78. The molecule has 2 fully saturated rings. The molecule has 2 aliphatic rings. The summed E-state index contributed by atoms with van der Waals surface area (Å²) >= 11 is 0. The van der Waals surface area contributed by atoms with E-state index >= 15 is 0 Å². The molecular formula is C23H26N2O5. The van der Waals surface area contributed by atoms with Crippen LogP contribution in [0.15, 0.2) is 42.5 Å². The fraction of sp³-hybridized carbons (Fsp3) is 0.435. The summed E-state index contributed by atoms with van der Waals surface area (Å²) in [6, 6.07) is 12.2. The van der Waals surface area contributed by atoms with Gasteiger partial charge in [-0.05, 0) is 61.9 Å².